The van der Waals surface area contributed by atoms with E-state index in [1.807, 2.05) is 0 Å². The SMILES string of the molecule is CCCN1CCCC(N)C1c1cccc2c1OC(C)(C)C2. The summed E-state index contributed by atoms with van der Waals surface area (Å²) in [6, 6.07) is 7.11. The molecule has 3 heteroatoms. The number of para-hydroxylation sites is 1. The molecule has 21 heavy (non-hydrogen) atoms. The summed E-state index contributed by atoms with van der Waals surface area (Å²) in [7, 11) is 0. The minimum absolute atomic E-state index is 0.0905. The van der Waals surface area contributed by atoms with Gasteiger partial charge >= 0.3 is 0 Å². The van der Waals surface area contributed by atoms with Crippen molar-refractivity contribution in [1.29, 1.82) is 0 Å². The number of fused-ring (bicyclic) bond motifs is 1. The van der Waals surface area contributed by atoms with E-state index in [0.717, 1.165) is 31.7 Å². The second-order valence-corrected chi connectivity index (χ2v) is 7.16. The Balaban J connectivity index is 1.97. The number of nitrogens with two attached hydrogens (primary N) is 1. The second-order valence-electron chi connectivity index (χ2n) is 7.16. The largest absolute Gasteiger partial charge is 0.487 e. The molecule has 2 N–H and O–H groups in total. The van der Waals surface area contributed by atoms with Crippen LogP contribution in [0, 0.1) is 0 Å². The third kappa shape index (κ3) is 2.82. The molecule has 1 aromatic carbocycles. The molecule has 116 valence electrons. The predicted octanol–water partition coefficient (Wildman–Crippen LogP) is 3.27. The Morgan fingerprint density at radius 2 is 2.19 bits per heavy atom. The Morgan fingerprint density at radius 3 is 2.95 bits per heavy atom. The predicted molar refractivity (Wildman–Crippen MR) is 86.7 cm³/mol. The molecule has 2 heterocycles. The number of piperidine rings is 1. The van der Waals surface area contributed by atoms with Crippen molar-refractivity contribution in [3.8, 4) is 5.75 Å². The van der Waals surface area contributed by atoms with E-state index in [9.17, 15) is 0 Å². The first-order valence-electron chi connectivity index (χ1n) is 8.32. The van der Waals surface area contributed by atoms with Crippen LogP contribution in [0.4, 0.5) is 0 Å². The maximum absolute atomic E-state index is 6.50. The van der Waals surface area contributed by atoms with E-state index in [1.165, 1.54) is 24.0 Å². The molecule has 2 aliphatic heterocycles. The fourth-order valence-corrected chi connectivity index (χ4v) is 3.94. The molecule has 2 atom stereocenters. The third-order valence-corrected chi connectivity index (χ3v) is 4.73. The van der Waals surface area contributed by atoms with Crippen LogP contribution in [-0.2, 0) is 6.42 Å². The van der Waals surface area contributed by atoms with Gasteiger partial charge < -0.3 is 10.5 Å². The molecule has 3 nitrogen and oxygen atoms in total. The highest BCUT2D eigenvalue weighted by Gasteiger charge is 2.37. The minimum Gasteiger partial charge on any atom is -0.487 e. The summed E-state index contributed by atoms with van der Waals surface area (Å²) >= 11 is 0. The molecule has 0 radical (unpaired) electrons. The lowest BCUT2D eigenvalue weighted by Crippen LogP contribution is -2.46. The van der Waals surface area contributed by atoms with E-state index in [4.69, 9.17) is 10.5 Å². The zero-order valence-corrected chi connectivity index (χ0v) is 13.6. The van der Waals surface area contributed by atoms with Crippen molar-refractivity contribution in [2.24, 2.45) is 5.73 Å². The topological polar surface area (TPSA) is 38.5 Å². The van der Waals surface area contributed by atoms with Crippen molar-refractivity contribution in [2.45, 2.75) is 64.1 Å². The fourth-order valence-electron chi connectivity index (χ4n) is 3.94. The molecule has 1 saturated heterocycles. The van der Waals surface area contributed by atoms with Crippen LogP contribution in [0.1, 0.15) is 57.2 Å². The number of benzene rings is 1. The number of ether oxygens (including phenoxy) is 1. The maximum Gasteiger partial charge on any atom is 0.128 e. The van der Waals surface area contributed by atoms with Gasteiger partial charge in [0.15, 0.2) is 0 Å². The van der Waals surface area contributed by atoms with Gasteiger partial charge in [-0.2, -0.15) is 0 Å². The zero-order chi connectivity index (χ0) is 15.0. The molecule has 0 bridgehead atoms. The van der Waals surface area contributed by atoms with Crippen LogP contribution in [0.2, 0.25) is 0 Å². The van der Waals surface area contributed by atoms with E-state index >= 15 is 0 Å². The molecule has 0 aliphatic carbocycles. The van der Waals surface area contributed by atoms with Crippen molar-refractivity contribution in [1.82, 2.24) is 4.90 Å². The monoisotopic (exact) mass is 288 g/mol. The van der Waals surface area contributed by atoms with Gasteiger partial charge in [0.25, 0.3) is 0 Å². The fraction of sp³-hybridized carbons (Fsp3) is 0.667. The van der Waals surface area contributed by atoms with Crippen molar-refractivity contribution in [2.75, 3.05) is 13.1 Å². The standard InChI is InChI=1S/C18H28N2O/c1-4-10-20-11-6-9-15(19)16(20)14-8-5-7-13-12-18(2,3)21-17(13)14/h5,7-8,15-16H,4,6,9-12,19H2,1-3H3. The van der Waals surface area contributed by atoms with E-state index in [1.54, 1.807) is 0 Å². The molecular formula is C18H28N2O. The number of hydrogen-bond donors (Lipinski definition) is 1. The average Bonchev–Trinajstić information content (AvgIpc) is 2.73. The highest BCUT2D eigenvalue weighted by molar-refractivity contribution is 5.48. The summed E-state index contributed by atoms with van der Waals surface area (Å²) in [4.78, 5) is 2.55. The first-order valence-corrected chi connectivity index (χ1v) is 8.32. The molecular weight excluding hydrogens is 260 g/mol. The van der Waals surface area contributed by atoms with Crippen LogP contribution in [0.3, 0.4) is 0 Å². The molecule has 1 fully saturated rings. The molecule has 2 aliphatic rings. The van der Waals surface area contributed by atoms with E-state index in [2.05, 4.69) is 43.9 Å². The van der Waals surface area contributed by atoms with Gasteiger partial charge in [-0.05, 0) is 51.8 Å². The lowest BCUT2D eigenvalue weighted by atomic mass is 9.89. The Kier molecular flexibility index (Phi) is 3.98. The molecule has 3 rings (SSSR count). The van der Waals surface area contributed by atoms with Crippen LogP contribution < -0.4 is 10.5 Å². The van der Waals surface area contributed by atoms with E-state index in [0.29, 0.717) is 6.04 Å². The lowest BCUT2D eigenvalue weighted by molar-refractivity contribution is 0.111. The van der Waals surface area contributed by atoms with Gasteiger partial charge in [-0.15, -0.1) is 0 Å². The summed E-state index contributed by atoms with van der Waals surface area (Å²) in [5, 5.41) is 0. The average molecular weight is 288 g/mol. The Bertz CT molecular complexity index is 510. The van der Waals surface area contributed by atoms with Crippen molar-refractivity contribution in [3.05, 3.63) is 29.3 Å². The minimum atomic E-state index is -0.0905. The smallest absolute Gasteiger partial charge is 0.128 e. The summed E-state index contributed by atoms with van der Waals surface area (Å²) in [6.07, 6.45) is 4.48. The van der Waals surface area contributed by atoms with Crippen LogP contribution in [0.25, 0.3) is 0 Å². The summed E-state index contributed by atoms with van der Waals surface area (Å²) < 4.78 is 6.27. The van der Waals surface area contributed by atoms with Crippen LogP contribution >= 0.6 is 0 Å². The number of likely N-dealkylation sites (tertiary alicyclic amines) is 1. The summed E-state index contributed by atoms with van der Waals surface area (Å²) in [6.45, 7) is 8.85. The van der Waals surface area contributed by atoms with Gasteiger partial charge in [-0.3, -0.25) is 4.90 Å². The van der Waals surface area contributed by atoms with Gasteiger partial charge in [-0.1, -0.05) is 25.1 Å². The normalized spacial score (nSPS) is 28.2. The number of nitrogens with zero attached hydrogens (tertiary/aromatic N) is 1. The van der Waals surface area contributed by atoms with Gasteiger partial charge in [-0.25, -0.2) is 0 Å². The molecule has 1 aromatic rings. The van der Waals surface area contributed by atoms with Gasteiger partial charge in [0.1, 0.15) is 11.4 Å². The quantitative estimate of drug-likeness (QED) is 0.927. The Morgan fingerprint density at radius 1 is 1.38 bits per heavy atom. The summed E-state index contributed by atoms with van der Waals surface area (Å²) in [5.41, 5.74) is 9.05. The molecule has 0 spiro atoms. The van der Waals surface area contributed by atoms with Crippen molar-refractivity contribution < 1.29 is 4.74 Å². The van der Waals surface area contributed by atoms with Crippen molar-refractivity contribution in [3.63, 3.8) is 0 Å². The number of hydrogen-bond acceptors (Lipinski definition) is 3. The van der Waals surface area contributed by atoms with Gasteiger partial charge in [0, 0.05) is 18.0 Å². The van der Waals surface area contributed by atoms with Crippen LogP contribution in [0.5, 0.6) is 5.75 Å². The molecule has 0 saturated carbocycles. The zero-order valence-electron chi connectivity index (χ0n) is 13.6. The highest BCUT2D eigenvalue weighted by Crippen LogP contribution is 2.43. The van der Waals surface area contributed by atoms with Crippen LogP contribution in [-0.4, -0.2) is 29.6 Å². The van der Waals surface area contributed by atoms with E-state index < -0.39 is 0 Å². The highest BCUT2D eigenvalue weighted by atomic mass is 16.5. The molecule has 2 unspecified atom stereocenters. The molecule has 0 aromatic heterocycles. The third-order valence-electron chi connectivity index (χ3n) is 4.73. The summed E-state index contributed by atoms with van der Waals surface area (Å²) in [5.74, 6) is 1.10. The first kappa shape index (κ1) is 14.9. The van der Waals surface area contributed by atoms with Gasteiger partial charge in [0.2, 0.25) is 0 Å². The number of rotatable bonds is 3. The van der Waals surface area contributed by atoms with Gasteiger partial charge in [0.05, 0.1) is 6.04 Å². The Labute approximate surface area is 128 Å². The lowest BCUT2D eigenvalue weighted by Gasteiger charge is -2.40. The maximum atomic E-state index is 6.50. The van der Waals surface area contributed by atoms with Crippen molar-refractivity contribution >= 4 is 0 Å². The Hall–Kier alpha value is -1.06. The second kappa shape index (κ2) is 5.62. The first-order chi connectivity index (χ1) is 10.0. The van der Waals surface area contributed by atoms with Crippen LogP contribution in [0.15, 0.2) is 18.2 Å². The van der Waals surface area contributed by atoms with E-state index in [-0.39, 0.29) is 11.6 Å². The molecule has 0 amide bonds.